The number of nitrogens with one attached hydrogen (secondary N) is 2. The molecule has 2 heterocycles. The average molecular weight is 432 g/mol. The lowest BCUT2D eigenvalue weighted by Gasteiger charge is -2.16. The molecule has 1 fully saturated rings. The van der Waals surface area contributed by atoms with Gasteiger partial charge in [-0.1, -0.05) is 0 Å². The van der Waals surface area contributed by atoms with Gasteiger partial charge in [0, 0.05) is 12.4 Å². The minimum absolute atomic E-state index is 0.186. The summed E-state index contributed by atoms with van der Waals surface area (Å²) >= 11 is 3.42. The third kappa shape index (κ3) is 4.32. The van der Waals surface area contributed by atoms with Gasteiger partial charge >= 0.3 is 6.03 Å². The number of hydrogen-bond acceptors (Lipinski definition) is 6. The smallest absolute Gasteiger partial charge is 0.328 e. The Morgan fingerprint density at radius 3 is 2.41 bits per heavy atom. The number of nitrogens with zero attached hydrogens (tertiary/aromatic N) is 1. The van der Waals surface area contributed by atoms with Crippen molar-refractivity contribution in [2.45, 2.75) is 6.61 Å². The summed E-state index contributed by atoms with van der Waals surface area (Å²) in [7, 11) is 1.48. The van der Waals surface area contributed by atoms with Crippen LogP contribution in [0.25, 0.3) is 6.08 Å². The second-order valence-corrected chi connectivity index (χ2v) is 6.33. The van der Waals surface area contributed by atoms with Crippen LogP contribution in [0.2, 0.25) is 0 Å². The number of carbonyl (C=O) groups excluding carboxylic acids is 3. The number of benzene rings is 1. The number of urea groups is 1. The molecule has 2 aromatic rings. The molecule has 27 heavy (non-hydrogen) atoms. The number of halogens is 1. The fraction of sp³-hybridized carbons (Fsp3) is 0.111. The van der Waals surface area contributed by atoms with Gasteiger partial charge in [0.15, 0.2) is 11.5 Å². The number of barbiturate groups is 1. The number of amides is 4. The number of methoxy groups -OCH3 is 1. The lowest BCUT2D eigenvalue weighted by atomic mass is 10.1. The van der Waals surface area contributed by atoms with Crippen LogP contribution in [-0.4, -0.2) is 29.9 Å². The van der Waals surface area contributed by atoms with Crippen LogP contribution >= 0.6 is 15.9 Å². The molecule has 0 aliphatic carbocycles. The van der Waals surface area contributed by atoms with E-state index >= 15 is 0 Å². The van der Waals surface area contributed by atoms with Crippen molar-refractivity contribution in [1.29, 1.82) is 0 Å². The zero-order valence-corrected chi connectivity index (χ0v) is 15.7. The van der Waals surface area contributed by atoms with Gasteiger partial charge in [0.25, 0.3) is 11.8 Å². The van der Waals surface area contributed by atoms with Gasteiger partial charge in [0.2, 0.25) is 0 Å². The van der Waals surface area contributed by atoms with Gasteiger partial charge in [-0.25, -0.2) is 4.79 Å². The molecule has 4 amide bonds. The van der Waals surface area contributed by atoms with E-state index in [1.165, 1.54) is 13.2 Å². The first kappa shape index (κ1) is 18.6. The minimum Gasteiger partial charge on any atom is -0.493 e. The van der Waals surface area contributed by atoms with E-state index in [1.807, 2.05) is 22.8 Å². The molecule has 1 aromatic heterocycles. The molecule has 0 unspecified atom stereocenters. The standard InChI is InChI=1S/C18H14BrN3O5/c1-26-14-8-11(6-12-16(23)21-18(25)22-17(12)24)7-13(19)15(14)27-9-10-2-4-20-5-3-10/h2-8H,9H2,1H3,(H2,21,22,23,24,25). The van der Waals surface area contributed by atoms with Crippen molar-refractivity contribution >= 4 is 39.9 Å². The highest BCUT2D eigenvalue weighted by atomic mass is 79.9. The zero-order chi connectivity index (χ0) is 19.4. The summed E-state index contributed by atoms with van der Waals surface area (Å²) in [6, 6.07) is 6.12. The van der Waals surface area contributed by atoms with E-state index < -0.39 is 17.8 Å². The van der Waals surface area contributed by atoms with E-state index in [0.29, 0.717) is 28.1 Å². The quantitative estimate of drug-likeness (QED) is 0.554. The third-order valence-electron chi connectivity index (χ3n) is 3.64. The van der Waals surface area contributed by atoms with E-state index in [1.54, 1.807) is 24.5 Å². The first-order valence-electron chi connectivity index (χ1n) is 7.75. The van der Waals surface area contributed by atoms with Crippen LogP contribution < -0.4 is 20.1 Å². The van der Waals surface area contributed by atoms with Gasteiger partial charge < -0.3 is 9.47 Å². The lowest BCUT2D eigenvalue weighted by molar-refractivity contribution is -0.123. The molecule has 2 N–H and O–H groups in total. The summed E-state index contributed by atoms with van der Waals surface area (Å²) in [5, 5.41) is 4.04. The molecule has 0 atom stereocenters. The molecular formula is C18H14BrN3O5. The predicted octanol–water partition coefficient (Wildman–Crippen LogP) is 2.18. The number of rotatable bonds is 5. The summed E-state index contributed by atoms with van der Waals surface area (Å²) in [5.74, 6) is -0.643. The highest BCUT2D eigenvalue weighted by Crippen LogP contribution is 2.37. The SMILES string of the molecule is COc1cc(C=C2C(=O)NC(=O)NC2=O)cc(Br)c1OCc1ccncc1. The first-order valence-corrected chi connectivity index (χ1v) is 8.55. The molecule has 1 saturated heterocycles. The highest BCUT2D eigenvalue weighted by molar-refractivity contribution is 9.10. The van der Waals surface area contributed by atoms with E-state index in [9.17, 15) is 14.4 Å². The fourth-order valence-corrected chi connectivity index (χ4v) is 2.94. The summed E-state index contributed by atoms with van der Waals surface area (Å²) in [6.07, 6.45) is 4.70. The second kappa shape index (κ2) is 8.00. The predicted molar refractivity (Wildman–Crippen MR) is 98.9 cm³/mol. The Balaban J connectivity index is 1.87. The molecule has 0 bridgehead atoms. The highest BCUT2D eigenvalue weighted by Gasteiger charge is 2.27. The largest absolute Gasteiger partial charge is 0.493 e. The van der Waals surface area contributed by atoms with Crippen molar-refractivity contribution in [3.63, 3.8) is 0 Å². The fourth-order valence-electron chi connectivity index (χ4n) is 2.37. The number of hydrogen-bond donors (Lipinski definition) is 2. The van der Waals surface area contributed by atoms with Crippen molar-refractivity contribution in [3.8, 4) is 11.5 Å². The van der Waals surface area contributed by atoms with Gasteiger partial charge in [-0.05, 0) is 57.4 Å². The van der Waals surface area contributed by atoms with Crippen molar-refractivity contribution in [3.05, 3.63) is 57.8 Å². The first-order chi connectivity index (χ1) is 13.0. The summed E-state index contributed by atoms with van der Waals surface area (Å²) in [5.41, 5.74) is 1.27. The Labute approximate surface area is 162 Å². The maximum Gasteiger partial charge on any atom is 0.328 e. The van der Waals surface area contributed by atoms with Crippen LogP contribution in [-0.2, 0) is 16.2 Å². The Bertz CT molecular complexity index is 922. The van der Waals surface area contributed by atoms with Crippen molar-refractivity contribution in [2.24, 2.45) is 0 Å². The maximum atomic E-state index is 11.9. The molecule has 1 aliphatic rings. The molecule has 3 rings (SSSR count). The third-order valence-corrected chi connectivity index (χ3v) is 4.23. The van der Waals surface area contributed by atoms with Gasteiger partial charge in [-0.15, -0.1) is 0 Å². The van der Waals surface area contributed by atoms with Crippen LogP contribution in [0.3, 0.4) is 0 Å². The summed E-state index contributed by atoms with van der Waals surface area (Å²) in [4.78, 5) is 38.8. The van der Waals surface area contributed by atoms with Crippen molar-refractivity contribution in [2.75, 3.05) is 7.11 Å². The molecule has 9 heteroatoms. The monoisotopic (exact) mass is 431 g/mol. The van der Waals surface area contributed by atoms with Gasteiger partial charge in [-0.3, -0.25) is 25.2 Å². The van der Waals surface area contributed by atoms with Gasteiger partial charge in [0.1, 0.15) is 12.2 Å². The van der Waals surface area contributed by atoms with E-state index in [0.717, 1.165) is 5.56 Å². The Morgan fingerprint density at radius 2 is 1.78 bits per heavy atom. The minimum atomic E-state index is -0.847. The van der Waals surface area contributed by atoms with Crippen LogP contribution in [0.4, 0.5) is 4.79 Å². The molecule has 0 radical (unpaired) electrons. The van der Waals surface area contributed by atoms with Crippen LogP contribution in [0.15, 0.2) is 46.7 Å². The van der Waals surface area contributed by atoms with E-state index in [2.05, 4.69) is 20.9 Å². The topological polar surface area (TPSA) is 107 Å². The summed E-state index contributed by atoms with van der Waals surface area (Å²) in [6.45, 7) is 0.310. The average Bonchev–Trinajstić information content (AvgIpc) is 2.64. The molecule has 0 spiro atoms. The van der Waals surface area contributed by atoms with Crippen molar-refractivity contribution < 1.29 is 23.9 Å². The van der Waals surface area contributed by atoms with E-state index in [4.69, 9.17) is 9.47 Å². The Hall–Kier alpha value is -3.20. The van der Waals surface area contributed by atoms with Crippen molar-refractivity contribution in [1.82, 2.24) is 15.6 Å². The van der Waals surface area contributed by atoms with Crippen LogP contribution in [0, 0.1) is 0 Å². The summed E-state index contributed by atoms with van der Waals surface area (Å²) < 4.78 is 11.8. The van der Waals surface area contributed by atoms with Crippen LogP contribution in [0.5, 0.6) is 11.5 Å². The molecule has 1 aliphatic heterocycles. The Morgan fingerprint density at radius 1 is 1.11 bits per heavy atom. The van der Waals surface area contributed by atoms with Gasteiger partial charge in [-0.2, -0.15) is 0 Å². The molecule has 0 saturated carbocycles. The number of ether oxygens (including phenoxy) is 2. The zero-order valence-electron chi connectivity index (χ0n) is 14.1. The molecule has 1 aromatic carbocycles. The maximum absolute atomic E-state index is 11.9. The van der Waals surface area contributed by atoms with E-state index in [-0.39, 0.29) is 5.57 Å². The second-order valence-electron chi connectivity index (χ2n) is 5.47. The van der Waals surface area contributed by atoms with Gasteiger partial charge in [0.05, 0.1) is 11.6 Å². The Kier molecular flexibility index (Phi) is 5.51. The van der Waals surface area contributed by atoms with Crippen LogP contribution in [0.1, 0.15) is 11.1 Å². The lowest BCUT2D eigenvalue weighted by Crippen LogP contribution is -2.51. The molecular weight excluding hydrogens is 418 g/mol. The number of carbonyl (C=O) groups is 3. The molecule has 8 nitrogen and oxygen atoms in total. The number of aromatic nitrogens is 1. The number of pyridine rings is 1. The normalized spacial score (nSPS) is 13.7. The molecule has 138 valence electrons. The number of imide groups is 2.